The smallest absolute Gasteiger partial charge is 0.0680 e. The van der Waals surface area contributed by atoms with Gasteiger partial charge in [-0.2, -0.15) is 0 Å². The molecule has 2 unspecified atom stereocenters. The van der Waals surface area contributed by atoms with Crippen LogP contribution in [0.25, 0.3) is 0 Å². The number of aliphatic imine (C=N–C) groups is 1. The fourth-order valence-corrected chi connectivity index (χ4v) is 1.77. The predicted octanol–water partition coefficient (Wildman–Crippen LogP) is 3.17. The molecule has 0 amide bonds. The number of rotatable bonds is 1. The summed E-state index contributed by atoms with van der Waals surface area (Å²) in [7, 11) is 2.54. The Morgan fingerprint density at radius 3 is 2.92 bits per heavy atom. The van der Waals surface area contributed by atoms with E-state index in [1.165, 1.54) is 38.5 Å². The zero-order valence-corrected chi connectivity index (χ0v) is 8.73. The molecule has 2 heteroatoms. The van der Waals surface area contributed by atoms with Crippen LogP contribution in [0, 0.1) is 0 Å². The van der Waals surface area contributed by atoms with Crippen LogP contribution in [0.5, 0.6) is 0 Å². The Bertz CT molecular complexity index is 163. The predicted molar refractivity (Wildman–Crippen MR) is 58.8 cm³/mol. The molecule has 0 spiro atoms. The van der Waals surface area contributed by atoms with Gasteiger partial charge in [-0.3, -0.25) is 4.99 Å². The van der Waals surface area contributed by atoms with Crippen molar-refractivity contribution in [2.45, 2.75) is 44.6 Å². The van der Waals surface area contributed by atoms with E-state index in [0.717, 1.165) is 0 Å². The summed E-state index contributed by atoms with van der Waals surface area (Å²) in [5.41, 5.74) is 0. The molecule has 0 aromatic heterocycles. The Hall–Kier alpha value is -0.160. The summed E-state index contributed by atoms with van der Waals surface area (Å²) in [4.78, 5) is 4.38. The molecule has 1 aliphatic carbocycles. The highest BCUT2D eigenvalue weighted by Crippen LogP contribution is 2.14. The lowest BCUT2D eigenvalue weighted by Gasteiger charge is -2.04. The van der Waals surface area contributed by atoms with Crippen LogP contribution in [0.15, 0.2) is 17.1 Å². The zero-order chi connectivity index (χ0) is 8.65. The maximum absolute atomic E-state index is 4.38. The number of allylic oxidation sites excluding steroid dienone is 1. The molecule has 1 aliphatic rings. The molecule has 0 radical (unpaired) electrons. The van der Waals surface area contributed by atoms with E-state index in [4.69, 9.17) is 0 Å². The lowest BCUT2D eigenvalue weighted by molar-refractivity contribution is 0.603. The Morgan fingerprint density at radius 1 is 1.25 bits per heavy atom. The first-order valence-corrected chi connectivity index (χ1v) is 5.50. The minimum atomic E-state index is 0.445. The van der Waals surface area contributed by atoms with E-state index >= 15 is 0 Å². The number of hydrogen-bond acceptors (Lipinski definition) is 1. The summed E-state index contributed by atoms with van der Waals surface area (Å²) >= 11 is 0. The molecule has 0 saturated heterocycles. The van der Waals surface area contributed by atoms with Crippen LogP contribution in [0.4, 0.5) is 0 Å². The third kappa shape index (κ3) is 4.01. The fraction of sp³-hybridized carbons (Fsp3) is 0.700. The summed E-state index contributed by atoms with van der Waals surface area (Å²) in [6.07, 6.45) is 12.5. The van der Waals surface area contributed by atoms with Crippen molar-refractivity contribution in [2.75, 3.05) is 0 Å². The second-order valence-corrected chi connectivity index (χ2v) is 3.58. The van der Waals surface area contributed by atoms with Gasteiger partial charge < -0.3 is 0 Å². The molecule has 68 valence electrons. The highest BCUT2D eigenvalue weighted by atomic mass is 31.0. The van der Waals surface area contributed by atoms with Crippen LogP contribution < -0.4 is 0 Å². The van der Waals surface area contributed by atoms with Crippen molar-refractivity contribution in [1.29, 1.82) is 0 Å². The minimum absolute atomic E-state index is 0.445. The molecule has 0 aromatic carbocycles. The van der Waals surface area contributed by atoms with Crippen molar-refractivity contribution in [1.82, 2.24) is 0 Å². The fourth-order valence-electron chi connectivity index (χ4n) is 1.55. The highest BCUT2D eigenvalue weighted by molar-refractivity contribution is 7.36. The van der Waals surface area contributed by atoms with E-state index in [1.807, 2.05) is 5.96 Å². The van der Waals surface area contributed by atoms with E-state index in [9.17, 15) is 0 Å². The monoisotopic (exact) mass is 183 g/mol. The Labute approximate surface area is 77.6 Å². The summed E-state index contributed by atoms with van der Waals surface area (Å²) in [6, 6.07) is 0.445. The number of nitrogens with zero attached hydrogens (tertiary/aromatic N) is 1. The van der Waals surface area contributed by atoms with E-state index in [1.54, 1.807) is 0 Å². The van der Waals surface area contributed by atoms with Crippen LogP contribution in [-0.4, -0.2) is 12.0 Å². The molecule has 0 N–H and O–H groups in total. The van der Waals surface area contributed by atoms with Gasteiger partial charge in [-0.15, -0.1) is 0 Å². The maximum atomic E-state index is 4.38. The highest BCUT2D eigenvalue weighted by Gasteiger charge is 2.02. The van der Waals surface area contributed by atoms with Crippen molar-refractivity contribution in [3.63, 3.8) is 0 Å². The standard InChI is InChI=1S/C10H18NP/c12-9-11-10-7-5-3-1-2-4-6-8-10/h5,7,9-10H,1-4,6,8,12H2/b7-5-,11-9?. The van der Waals surface area contributed by atoms with E-state index in [-0.39, 0.29) is 0 Å². The molecule has 1 rings (SSSR count). The van der Waals surface area contributed by atoms with Gasteiger partial charge >= 0.3 is 0 Å². The lowest BCUT2D eigenvalue weighted by atomic mass is 10.1. The quantitative estimate of drug-likeness (QED) is 0.336. The van der Waals surface area contributed by atoms with Gasteiger partial charge in [0, 0.05) is 5.96 Å². The van der Waals surface area contributed by atoms with Crippen LogP contribution in [0.2, 0.25) is 0 Å². The second-order valence-electron chi connectivity index (χ2n) is 3.29. The van der Waals surface area contributed by atoms with Crippen LogP contribution in [0.3, 0.4) is 0 Å². The average Bonchev–Trinajstić information content (AvgIpc) is 2.19. The Kier molecular flexibility index (Phi) is 5.27. The van der Waals surface area contributed by atoms with Crippen LogP contribution in [0.1, 0.15) is 38.5 Å². The molecule has 0 fully saturated rings. The first-order chi connectivity index (χ1) is 5.93. The molecule has 0 aromatic rings. The molecule has 2 atom stereocenters. The summed E-state index contributed by atoms with van der Waals surface area (Å²) in [6.45, 7) is 0. The van der Waals surface area contributed by atoms with E-state index in [2.05, 4.69) is 26.4 Å². The SMILES string of the molecule is PC=NC1/C=C\CCCCCC1. The molecule has 0 heterocycles. The molecule has 0 aliphatic heterocycles. The molecule has 0 bridgehead atoms. The number of hydrogen-bond donors (Lipinski definition) is 0. The van der Waals surface area contributed by atoms with E-state index < -0.39 is 0 Å². The molecule has 1 nitrogen and oxygen atoms in total. The van der Waals surface area contributed by atoms with Gasteiger partial charge in [0.2, 0.25) is 0 Å². The first-order valence-electron chi connectivity index (χ1n) is 4.83. The van der Waals surface area contributed by atoms with Gasteiger partial charge in [-0.05, 0) is 19.3 Å². The zero-order valence-electron chi connectivity index (χ0n) is 7.58. The molecular weight excluding hydrogens is 165 g/mol. The van der Waals surface area contributed by atoms with Crippen molar-refractivity contribution < 1.29 is 0 Å². The summed E-state index contributed by atoms with van der Waals surface area (Å²) in [5.74, 6) is 1.84. The van der Waals surface area contributed by atoms with Crippen molar-refractivity contribution in [2.24, 2.45) is 4.99 Å². The van der Waals surface area contributed by atoms with Gasteiger partial charge in [0.1, 0.15) is 0 Å². The first kappa shape index (κ1) is 9.92. The Balaban J connectivity index is 2.41. The normalized spacial score (nSPS) is 29.2. The molecule has 0 saturated carbocycles. The summed E-state index contributed by atoms with van der Waals surface area (Å²) < 4.78 is 0. The molecule has 12 heavy (non-hydrogen) atoms. The van der Waals surface area contributed by atoms with Gasteiger partial charge in [-0.25, -0.2) is 0 Å². The third-order valence-corrected chi connectivity index (χ3v) is 2.43. The minimum Gasteiger partial charge on any atom is -0.286 e. The van der Waals surface area contributed by atoms with Crippen molar-refractivity contribution in [3.8, 4) is 0 Å². The van der Waals surface area contributed by atoms with Crippen molar-refractivity contribution in [3.05, 3.63) is 12.2 Å². The van der Waals surface area contributed by atoms with E-state index in [0.29, 0.717) is 6.04 Å². The van der Waals surface area contributed by atoms with Gasteiger partial charge in [0.25, 0.3) is 0 Å². The van der Waals surface area contributed by atoms with Crippen LogP contribution >= 0.6 is 9.24 Å². The largest absolute Gasteiger partial charge is 0.286 e. The topological polar surface area (TPSA) is 12.4 Å². The van der Waals surface area contributed by atoms with Crippen LogP contribution in [-0.2, 0) is 0 Å². The van der Waals surface area contributed by atoms with Gasteiger partial charge in [0.05, 0.1) is 6.04 Å². The third-order valence-electron chi connectivity index (χ3n) is 2.26. The average molecular weight is 183 g/mol. The van der Waals surface area contributed by atoms with Crippen molar-refractivity contribution >= 4 is 15.2 Å². The second kappa shape index (κ2) is 6.37. The lowest BCUT2D eigenvalue weighted by Crippen LogP contribution is -1.98. The van der Waals surface area contributed by atoms with Gasteiger partial charge in [-0.1, -0.05) is 40.7 Å². The maximum Gasteiger partial charge on any atom is 0.0680 e. The Morgan fingerprint density at radius 2 is 2.08 bits per heavy atom. The molecular formula is C10H18NP. The summed E-state index contributed by atoms with van der Waals surface area (Å²) in [5, 5.41) is 0. The van der Waals surface area contributed by atoms with Gasteiger partial charge in [0.15, 0.2) is 0 Å².